The number of rotatable bonds is 3. The third-order valence-electron chi connectivity index (χ3n) is 6.65. The maximum atomic E-state index is 4.78. The number of hydrazone groups is 1. The molecule has 2 aliphatic carbocycles. The Balaban J connectivity index is 1.52. The van der Waals surface area contributed by atoms with E-state index in [1.165, 1.54) is 24.1 Å². The lowest BCUT2D eigenvalue weighted by atomic mass is 9.70. The Morgan fingerprint density at radius 1 is 1.21 bits per heavy atom. The Hall–Kier alpha value is -1.68. The third kappa shape index (κ3) is 2.31. The molecule has 4 heteroatoms. The van der Waals surface area contributed by atoms with Crippen molar-refractivity contribution in [1.29, 1.82) is 0 Å². The molecule has 0 saturated heterocycles. The van der Waals surface area contributed by atoms with Gasteiger partial charge in [0.1, 0.15) is 0 Å². The molecule has 4 rings (SSSR count). The van der Waals surface area contributed by atoms with Gasteiger partial charge in [0.05, 0.1) is 5.69 Å². The van der Waals surface area contributed by atoms with Crippen molar-refractivity contribution < 1.29 is 0 Å². The lowest BCUT2D eigenvalue weighted by Crippen LogP contribution is -2.32. The van der Waals surface area contributed by atoms with E-state index < -0.39 is 0 Å². The molecule has 0 aliphatic heterocycles. The predicted molar refractivity (Wildman–Crippen MR) is 103 cm³/mol. The normalized spacial score (nSPS) is 29.3. The Labute approximate surface area is 148 Å². The van der Waals surface area contributed by atoms with Gasteiger partial charge in [0.15, 0.2) is 0 Å². The van der Waals surface area contributed by atoms with Crippen molar-refractivity contribution in [3.05, 3.63) is 35.2 Å². The van der Waals surface area contributed by atoms with Crippen molar-refractivity contribution in [2.24, 2.45) is 21.8 Å². The summed E-state index contributed by atoms with van der Waals surface area (Å²) >= 11 is 1.62. The number of aryl methyl sites for hydroxylation is 1. The van der Waals surface area contributed by atoms with Crippen LogP contribution < -0.4 is 5.43 Å². The zero-order valence-electron chi connectivity index (χ0n) is 14.9. The lowest BCUT2D eigenvalue weighted by molar-refractivity contribution is 0.194. The molecule has 2 fully saturated rings. The molecule has 126 valence electrons. The molecule has 1 heterocycles. The zero-order chi connectivity index (χ0) is 16.9. The van der Waals surface area contributed by atoms with Crippen LogP contribution in [-0.2, 0) is 0 Å². The highest BCUT2D eigenvalue weighted by Crippen LogP contribution is 2.63. The second-order valence-corrected chi connectivity index (χ2v) is 8.93. The van der Waals surface area contributed by atoms with E-state index in [0.29, 0.717) is 5.41 Å². The number of anilines is 1. The third-order valence-corrected chi connectivity index (χ3v) is 7.40. The Morgan fingerprint density at radius 3 is 2.58 bits per heavy atom. The van der Waals surface area contributed by atoms with Crippen LogP contribution in [0.4, 0.5) is 5.13 Å². The summed E-state index contributed by atoms with van der Waals surface area (Å²) in [6.07, 6.45) is 3.74. The van der Waals surface area contributed by atoms with E-state index in [9.17, 15) is 0 Å². The molecular formula is C20H25N3S. The number of aromatic nitrogens is 1. The van der Waals surface area contributed by atoms with Crippen LogP contribution in [0.3, 0.4) is 0 Å². The molecule has 1 aromatic carbocycles. The average molecular weight is 340 g/mol. The largest absolute Gasteiger partial charge is 0.253 e. The molecule has 1 N–H and O–H groups in total. The van der Waals surface area contributed by atoms with E-state index in [2.05, 4.69) is 62.8 Å². The van der Waals surface area contributed by atoms with Gasteiger partial charge in [-0.25, -0.2) is 4.98 Å². The van der Waals surface area contributed by atoms with E-state index in [4.69, 9.17) is 10.1 Å². The second-order valence-electron chi connectivity index (χ2n) is 8.07. The Morgan fingerprint density at radius 2 is 1.96 bits per heavy atom. The van der Waals surface area contributed by atoms with Gasteiger partial charge < -0.3 is 0 Å². The van der Waals surface area contributed by atoms with Crippen LogP contribution >= 0.6 is 11.3 Å². The standard InChI is InChI=1S/C20H25N3S/c1-13-5-7-14(8-6-13)16-12-24-18(21-16)23-22-17-11-15-9-10-20(17,4)19(15,2)3/h5-8,12,15H,9-11H2,1-4H3,(H,21,23)/b22-17+/t15-,20+/m1/s1. The molecule has 2 saturated carbocycles. The number of hydrogen-bond acceptors (Lipinski definition) is 4. The van der Waals surface area contributed by atoms with Gasteiger partial charge in [-0.15, -0.1) is 11.3 Å². The molecule has 24 heavy (non-hydrogen) atoms. The highest BCUT2D eigenvalue weighted by atomic mass is 32.1. The van der Waals surface area contributed by atoms with Crippen LogP contribution in [0.1, 0.15) is 45.6 Å². The zero-order valence-corrected chi connectivity index (χ0v) is 15.7. The SMILES string of the molecule is Cc1ccc(-c2csc(N/N=C3\C[C@H]4CC[C@]3(C)C4(C)C)n2)cc1. The van der Waals surface area contributed by atoms with Crippen LogP contribution in [0.25, 0.3) is 11.3 Å². The molecule has 2 bridgehead atoms. The molecule has 2 aliphatic rings. The van der Waals surface area contributed by atoms with Crippen molar-refractivity contribution in [2.75, 3.05) is 5.43 Å². The monoisotopic (exact) mass is 339 g/mol. The van der Waals surface area contributed by atoms with Crippen LogP contribution in [-0.4, -0.2) is 10.7 Å². The van der Waals surface area contributed by atoms with Crippen molar-refractivity contribution in [3.63, 3.8) is 0 Å². The van der Waals surface area contributed by atoms with Crippen molar-refractivity contribution in [1.82, 2.24) is 4.98 Å². The molecule has 3 nitrogen and oxygen atoms in total. The average Bonchev–Trinajstić information content (AvgIpc) is 3.16. The minimum Gasteiger partial charge on any atom is -0.253 e. The number of hydrogen-bond donors (Lipinski definition) is 1. The number of thiazole rings is 1. The minimum absolute atomic E-state index is 0.238. The van der Waals surface area contributed by atoms with Gasteiger partial charge in [0, 0.05) is 22.1 Å². The van der Waals surface area contributed by atoms with Gasteiger partial charge in [-0.05, 0) is 37.5 Å². The quantitative estimate of drug-likeness (QED) is 0.725. The first-order valence-electron chi connectivity index (χ1n) is 8.76. The molecule has 0 amide bonds. The molecular weight excluding hydrogens is 314 g/mol. The smallest absolute Gasteiger partial charge is 0.203 e. The van der Waals surface area contributed by atoms with Gasteiger partial charge in [-0.1, -0.05) is 50.6 Å². The lowest BCUT2D eigenvalue weighted by Gasteiger charge is -2.34. The van der Waals surface area contributed by atoms with Gasteiger partial charge in [0.2, 0.25) is 5.13 Å². The number of fused-ring (bicyclic) bond motifs is 2. The van der Waals surface area contributed by atoms with E-state index >= 15 is 0 Å². The summed E-state index contributed by atoms with van der Waals surface area (Å²) < 4.78 is 0. The van der Waals surface area contributed by atoms with E-state index in [1.807, 2.05) is 0 Å². The van der Waals surface area contributed by atoms with Gasteiger partial charge in [0.25, 0.3) is 0 Å². The summed E-state index contributed by atoms with van der Waals surface area (Å²) in [4.78, 5) is 4.69. The number of benzene rings is 1. The first-order chi connectivity index (χ1) is 11.4. The molecule has 1 aromatic heterocycles. The van der Waals surface area contributed by atoms with Crippen LogP contribution in [0.5, 0.6) is 0 Å². The first kappa shape index (κ1) is 15.8. The fourth-order valence-corrected chi connectivity index (χ4v) is 5.06. The van der Waals surface area contributed by atoms with Gasteiger partial charge in [-0.3, -0.25) is 5.43 Å². The second kappa shape index (κ2) is 5.41. The molecule has 0 unspecified atom stereocenters. The topological polar surface area (TPSA) is 37.3 Å². The maximum Gasteiger partial charge on any atom is 0.203 e. The Bertz CT molecular complexity index is 787. The highest BCUT2D eigenvalue weighted by Gasteiger charge is 2.59. The highest BCUT2D eigenvalue weighted by molar-refractivity contribution is 7.14. The summed E-state index contributed by atoms with van der Waals surface area (Å²) in [6.45, 7) is 9.31. The molecule has 0 spiro atoms. The van der Waals surface area contributed by atoms with E-state index in [1.54, 1.807) is 11.3 Å². The number of nitrogens with zero attached hydrogens (tertiary/aromatic N) is 2. The number of nitrogens with one attached hydrogen (secondary N) is 1. The van der Waals surface area contributed by atoms with E-state index in [0.717, 1.165) is 28.7 Å². The van der Waals surface area contributed by atoms with Gasteiger partial charge in [-0.2, -0.15) is 5.10 Å². The molecule has 2 atom stereocenters. The minimum atomic E-state index is 0.238. The van der Waals surface area contributed by atoms with Crippen molar-refractivity contribution in [2.45, 2.75) is 47.0 Å². The summed E-state index contributed by atoms with van der Waals surface area (Å²) in [5.74, 6) is 0.780. The van der Waals surface area contributed by atoms with Crippen LogP contribution in [0.2, 0.25) is 0 Å². The van der Waals surface area contributed by atoms with Crippen LogP contribution in [0.15, 0.2) is 34.7 Å². The molecule has 0 radical (unpaired) electrons. The summed E-state index contributed by atoms with van der Waals surface area (Å²) in [6, 6.07) is 8.50. The fourth-order valence-electron chi connectivity index (χ4n) is 4.39. The fraction of sp³-hybridized carbons (Fsp3) is 0.500. The first-order valence-corrected chi connectivity index (χ1v) is 9.64. The maximum absolute atomic E-state index is 4.78. The van der Waals surface area contributed by atoms with Crippen LogP contribution in [0, 0.1) is 23.7 Å². The summed E-state index contributed by atoms with van der Waals surface area (Å²) in [5.41, 5.74) is 8.61. The van der Waals surface area contributed by atoms with Crippen molar-refractivity contribution >= 4 is 22.2 Å². The van der Waals surface area contributed by atoms with Crippen molar-refractivity contribution in [3.8, 4) is 11.3 Å². The Kier molecular flexibility index (Phi) is 3.57. The summed E-state index contributed by atoms with van der Waals surface area (Å²) in [5, 5.41) is 7.75. The molecule has 2 aromatic rings. The van der Waals surface area contributed by atoms with Gasteiger partial charge >= 0.3 is 0 Å². The summed E-state index contributed by atoms with van der Waals surface area (Å²) in [7, 11) is 0. The predicted octanol–water partition coefficient (Wildman–Crippen LogP) is 5.73. The van der Waals surface area contributed by atoms with E-state index in [-0.39, 0.29) is 5.41 Å².